The van der Waals surface area contributed by atoms with Crippen molar-refractivity contribution in [1.29, 1.82) is 0 Å². The molecule has 0 heterocycles. The van der Waals surface area contributed by atoms with Crippen molar-refractivity contribution in [3.05, 3.63) is 13.2 Å². The molecule has 0 atom stereocenters. The fourth-order valence-electron chi connectivity index (χ4n) is 2.67. The Bertz CT molecular complexity index is 127. The van der Waals surface area contributed by atoms with Gasteiger partial charge >= 0.3 is 0 Å². The molecule has 0 N–H and O–H groups in total. The van der Waals surface area contributed by atoms with E-state index in [4.69, 9.17) is 4.74 Å². The van der Waals surface area contributed by atoms with Crippen molar-refractivity contribution in [2.24, 2.45) is 0 Å². The van der Waals surface area contributed by atoms with Gasteiger partial charge in [-0.1, -0.05) is 38.5 Å². The van der Waals surface area contributed by atoms with E-state index >= 15 is 0 Å². The van der Waals surface area contributed by atoms with Gasteiger partial charge in [0.2, 0.25) is 0 Å². The Labute approximate surface area is 94.9 Å². The molecule has 15 heavy (non-hydrogen) atoms. The fourth-order valence-corrected chi connectivity index (χ4v) is 2.67. The van der Waals surface area contributed by atoms with E-state index in [1.807, 2.05) is 0 Å². The van der Waals surface area contributed by atoms with Gasteiger partial charge in [0.15, 0.2) is 0 Å². The number of ether oxygens (including phenoxy) is 1. The second-order valence-electron chi connectivity index (χ2n) is 4.66. The lowest BCUT2D eigenvalue weighted by molar-refractivity contribution is -0.0450. The van der Waals surface area contributed by atoms with E-state index in [1.165, 1.54) is 64.2 Å². The highest BCUT2D eigenvalue weighted by Crippen LogP contribution is 2.26. The van der Waals surface area contributed by atoms with Crippen molar-refractivity contribution in [3.63, 3.8) is 0 Å². The predicted molar refractivity (Wildman–Crippen MR) is 66.1 cm³/mol. The predicted octanol–water partition coefficient (Wildman–Crippen LogP) is 4.47. The molecule has 1 heteroatoms. The number of hydrogen-bond donors (Lipinski definition) is 0. The summed E-state index contributed by atoms with van der Waals surface area (Å²) in [6, 6.07) is 0. The zero-order chi connectivity index (χ0) is 10.9. The molecule has 0 aromatic heterocycles. The maximum Gasteiger partial charge on any atom is 0.0578 e. The monoisotopic (exact) mass is 210 g/mol. The molecule has 0 amide bonds. The maximum absolute atomic E-state index is 6.13. The summed E-state index contributed by atoms with van der Waals surface area (Å²) in [7, 11) is 0. The SMILES string of the molecule is C1CCC(OC2CCCCC2)CC1.C=C. The van der Waals surface area contributed by atoms with E-state index in [1.54, 1.807) is 0 Å². The summed E-state index contributed by atoms with van der Waals surface area (Å²) in [5, 5.41) is 0. The van der Waals surface area contributed by atoms with Gasteiger partial charge in [-0.3, -0.25) is 0 Å². The van der Waals surface area contributed by atoms with Crippen LogP contribution in [0.25, 0.3) is 0 Å². The molecule has 2 rings (SSSR count). The number of rotatable bonds is 2. The molecule has 0 radical (unpaired) electrons. The molecule has 0 spiro atoms. The van der Waals surface area contributed by atoms with Crippen LogP contribution in [0.4, 0.5) is 0 Å². The zero-order valence-electron chi connectivity index (χ0n) is 10.0. The Morgan fingerprint density at radius 2 is 0.933 bits per heavy atom. The van der Waals surface area contributed by atoms with E-state index in [-0.39, 0.29) is 0 Å². The standard InChI is InChI=1S/C12H22O.C2H4/c1-3-7-11(8-4-1)13-12-9-5-2-6-10-12;1-2/h11-12H,1-10H2;1-2H2. The Balaban J connectivity index is 0.000000531. The van der Waals surface area contributed by atoms with Crippen LogP contribution in [-0.4, -0.2) is 12.2 Å². The molecule has 2 fully saturated rings. The summed E-state index contributed by atoms with van der Waals surface area (Å²) in [6.07, 6.45) is 15.0. The Kier molecular flexibility index (Phi) is 6.74. The topological polar surface area (TPSA) is 9.23 Å². The van der Waals surface area contributed by atoms with Crippen LogP contribution < -0.4 is 0 Å². The summed E-state index contributed by atoms with van der Waals surface area (Å²) in [5.41, 5.74) is 0. The second-order valence-corrected chi connectivity index (χ2v) is 4.66. The van der Waals surface area contributed by atoms with Crippen LogP contribution in [0.15, 0.2) is 13.2 Å². The molecule has 0 aliphatic heterocycles. The van der Waals surface area contributed by atoms with Gasteiger partial charge in [-0.2, -0.15) is 0 Å². The van der Waals surface area contributed by atoms with Crippen molar-refractivity contribution in [2.75, 3.05) is 0 Å². The average molecular weight is 210 g/mol. The Morgan fingerprint density at radius 3 is 1.27 bits per heavy atom. The minimum atomic E-state index is 0.622. The van der Waals surface area contributed by atoms with Crippen molar-refractivity contribution in [3.8, 4) is 0 Å². The van der Waals surface area contributed by atoms with Gasteiger partial charge in [0.05, 0.1) is 12.2 Å². The molecule has 0 unspecified atom stereocenters. The Hall–Kier alpha value is -0.300. The average Bonchev–Trinajstić information content (AvgIpc) is 2.34. The highest BCUT2D eigenvalue weighted by atomic mass is 16.5. The van der Waals surface area contributed by atoms with Crippen LogP contribution in [0, 0.1) is 0 Å². The third-order valence-corrected chi connectivity index (χ3v) is 3.49. The molecule has 1 nitrogen and oxygen atoms in total. The minimum Gasteiger partial charge on any atom is -0.375 e. The molecule has 2 saturated carbocycles. The van der Waals surface area contributed by atoms with Crippen molar-refractivity contribution in [1.82, 2.24) is 0 Å². The molecular formula is C14H26O. The van der Waals surface area contributed by atoms with Gasteiger partial charge in [0, 0.05) is 0 Å². The van der Waals surface area contributed by atoms with Gasteiger partial charge in [-0.05, 0) is 25.7 Å². The third-order valence-electron chi connectivity index (χ3n) is 3.49. The molecule has 2 aliphatic carbocycles. The summed E-state index contributed by atoms with van der Waals surface area (Å²) in [6.45, 7) is 6.00. The zero-order valence-corrected chi connectivity index (χ0v) is 10.0. The van der Waals surface area contributed by atoms with Crippen molar-refractivity contribution in [2.45, 2.75) is 76.4 Å². The van der Waals surface area contributed by atoms with E-state index < -0.39 is 0 Å². The van der Waals surface area contributed by atoms with E-state index in [0.717, 1.165) is 0 Å². The molecule has 0 saturated heterocycles. The van der Waals surface area contributed by atoms with Crippen LogP contribution in [0.1, 0.15) is 64.2 Å². The van der Waals surface area contributed by atoms with E-state index in [2.05, 4.69) is 13.2 Å². The van der Waals surface area contributed by atoms with Crippen LogP contribution in [0.3, 0.4) is 0 Å². The first kappa shape index (κ1) is 12.8. The molecule has 0 aromatic rings. The molecule has 0 aromatic carbocycles. The normalized spacial score (nSPS) is 24.3. The lowest BCUT2D eigenvalue weighted by Crippen LogP contribution is -2.25. The maximum atomic E-state index is 6.13. The first-order valence-corrected chi connectivity index (χ1v) is 6.60. The summed E-state index contributed by atoms with van der Waals surface area (Å²) < 4.78 is 6.13. The minimum absolute atomic E-state index is 0.622. The van der Waals surface area contributed by atoms with E-state index in [9.17, 15) is 0 Å². The van der Waals surface area contributed by atoms with Gasteiger partial charge < -0.3 is 4.74 Å². The van der Waals surface area contributed by atoms with Crippen LogP contribution >= 0.6 is 0 Å². The molecule has 2 aliphatic rings. The summed E-state index contributed by atoms with van der Waals surface area (Å²) >= 11 is 0. The largest absolute Gasteiger partial charge is 0.375 e. The fraction of sp³-hybridized carbons (Fsp3) is 0.857. The quantitative estimate of drug-likeness (QED) is 0.611. The highest BCUT2D eigenvalue weighted by molar-refractivity contribution is 4.71. The summed E-state index contributed by atoms with van der Waals surface area (Å²) in [4.78, 5) is 0. The second kappa shape index (κ2) is 7.92. The van der Waals surface area contributed by atoms with Gasteiger partial charge in [-0.15, -0.1) is 13.2 Å². The van der Waals surface area contributed by atoms with Gasteiger partial charge in [0.25, 0.3) is 0 Å². The van der Waals surface area contributed by atoms with Gasteiger partial charge in [-0.25, -0.2) is 0 Å². The first-order chi connectivity index (χ1) is 7.45. The molecular weight excluding hydrogens is 184 g/mol. The van der Waals surface area contributed by atoms with Crippen molar-refractivity contribution < 1.29 is 4.74 Å². The lowest BCUT2D eigenvalue weighted by atomic mass is 9.95. The lowest BCUT2D eigenvalue weighted by Gasteiger charge is -2.29. The van der Waals surface area contributed by atoms with E-state index in [0.29, 0.717) is 12.2 Å². The van der Waals surface area contributed by atoms with Crippen molar-refractivity contribution >= 4 is 0 Å². The Morgan fingerprint density at radius 1 is 0.600 bits per heavy atom. The number of hydrogen-bond acceptors (Lipinski definition) is 1. The molecule has 88 valence electrons. The third kappa shape index (κ3) is 4.83. The van der Waals surface area contributed by atoms with Gasteiger partial charge in [0.1, 0.15) is 0 Å². The highest BCUT2D eigenvalue weighted by Gasteiger charge is 2.20. The van der Waals surface area contributed by atoms with Crippen LogP contribution in [-0.2, 0) is 4.74 Å². The van der Waals surface area contributed by atoms with Crippen LogP contribution in [0.2, 0.25) is 0 Å². The summed E-state index contributed by atoms with van der Waals surface area (Å²) in [5.74, 6) is 0. The first-order valence-electron chi connectivity index (χ1n) is 6.60. The molecule has 0 bridgehead atoms. The van der Waals surface area contributed by atoms with Crippen LogP contribution in [0.5, 0.6) is 0 Å². The smallest absolute Gasteiger partial charge is 0.0578 e.